The van der Waals surface area contributed by atoms with Gasteiger partial charge in [-0.05, 0) is 43.9 Å². The van der Waals surface area contributed by atoms with Crippen LogP contribution in [0, 0.1) is 23.7 Å². The van der Waals surface area contributed by atoms with Crippen LogP contribution >= 0.6 is 11.6 Å². The average molecular weight is 453 g/mol. The highest BCUT2D eigenvalue weighted by atomic mass is 35.5. The topological polar surface area (TPSA) is 89.5 Å². The molecule has 8 atom stereocenters. The van der Waals surface area contributed by atoms with Crippen LogP contribution in [-0.2, 0) is 28.8 Å². The normalized spacial score (nSPS) is 43.4. The quantitative estimate of drug-likeness (QED) is 0.374. The highest BCUT2D eigenvalue weighted by molar-refractivity contribution is 6.30. The van der Waals surface area contributed by atoms with Crippen LogP contribution in [0.2, 0.25) is 5.02 Å². The van der Waals surface area contributed by atoms with Crippen LogP contribution in [0.25, 0.3) is 0 Å². The summed E-state index contributed by atoms with van der Waals surface area (Å²) in [5, 5.41) is 0.457. The van der Waals surface area contributed by atoms with Crippen molar-refractivity contribution >= 4 is 23.7 Å². The smallest absolute Gasteiger partial charge is 0.432 e. The van der Waals surface area contributed by atoms with Gasteiger partial charge in [0.2, 0.25) is 12.1 Å². The van der Waals surface area contributed by atoms with E-state index in [2.05, 4.69) is 0 Å². The first-order valence-corrected chi connectivity index (χ1v) is 11.0. The summed E-state index contributed by atoms with van der Waals surface area (Å²) in [5.41, 5.74) is -0.931. The van der Waals surface area contributed by atoms with Crippen molar-refractivity contribution in [2.75, 3.05) is 0 Å². The molecule has 9 heteroatoms. The van der Waals surface area contributed by atoms with E-state index in [0.717, 1.165) is 6.42 Å². The largest absolute Gasteiger partial charge is 0.514 e. The van der Waals surface area contributed by atoms with Gasteiger partial charge in [0.15, 0.2) is 5.60 Å². The highest BCUT2D eigenvalue weighted by Gasteiger charge is 2.71. The number of carbonyl (C=O) groups excluding carboxylic acids is 2. The molecule has 1 aromatic carbocycles. The van der Waals surface area contributed by atoms with Gasteiger partial charge in [0.25, 0.3) is 0 Å². The number of esters is 1. The maximum absolute atomic E-state index is 12.6. The van der Waals surface area contributed by atoms with E-state index < -0.39 is 35.9 Å². The SMILES string of the molecule is C[C@@H]1[C@@H](OC(=O)Oc2cccc(Cl)c2)C[C@H]2[C@@H](C)C(=O)O[C@@H]3OC4(C)CC[C@@H]1[C@]32OO4. The van der Waals surface area contributed by atoms with Crippen LogP contribution in [-0.4, -0.2) is 35.9 Å². The molecule has 1 aromatic rings. The minimum absolute atomic E-state index is 0.0951. The fourth-order valence-electron chi connectivity index (χ4n) is 5.63. The maximum atomic E-state index is 12.6. The molecule has 31 heavy (non-hydrogen) atoms. The Morgan fingerprint density at radius 1 is 1.23 bits per heavy atom. The Bertz CT molecular complexity index is 907. The summed E-state index contributed by atoms with van der Waals surface area (Å²) in [6, 6.07) is 6.55. The molecular weight excluding hydrogens is 428 g/mol. The summed E-state index contributed by atoms with van der Waals surface area (Å²) in [6.45, 7) is 5.59. The number of ether oxygens (including phenoxy) is 4. The summed E-state index contributed by atoms with van der Waals surface area (Å²) in [5.74, 6) is -1.99. The monoisotopic (exact) mass is 452 g/mol. The molecule has 0 amide bonds. The van der Waals surface area contributed by atoms with Gasteiger partial charge >= 0.3 is 12.1 Å². The van der Waals surface area contributed by atoms with Crippen LogP contribution in [0.15, 0.2) is 24.3 Å². The Balaban J connectivity index is 1.41. The van der Waals surface area contributed by atoms with E-state index in [9.17, 15) is 9.59 Å². The first-order chi connectivity index (χ1) is 14.7. The number of hydrogen-bond donors (Lipinski definition) is 0. The number of hydrogen-bond acceptors (Lipinski definition) is 8. The molecule has 6 rings (SSSR count). The zero-order valence-corrected chi connectivity index (χ0v) is 18.3. The van der Waals surface area contributed by atoms with Gasteiger partial charge in [0.05, 0.1) is 5.92 Å². The third-order valence-electron chi connectivity index (χ3n) is 7.31. The molecule has 0 aromatic heterocycles. The molecule has 5 fully saturated rings. The molecule has 8 nitrogen and oxygen atoms in total. The number of rotatable bonds is 2. The van der Waals surface area contributed by atoms with Crippen LogP contribution in [0.3, 0.4) is 0 Å². The van der Waals surface area contributed by atoms with Crippen molar-refractivity contribution in [1.82, 2.24) is 0 Å². The Morgan fingerprint density at radius 2 is 2.03 bits per heavy atom. The Morgan fingerprint density at radius 3 is 2.81 bits per heavy atom. The van der Waals surface area contributed by atoms with Gasteiger partial charge in [-0.25, -0.2) is 14.6 Å². The number of carbonyl (C=O) groups is 2. The standard InChI is InChI=1S/C22H25ClO8/c1-11-15-7-8-21(3)29-19-22(15,31-30-21)16(12(2)18(24)28-19)10-17(11)27-20(25)26-14-6-4-5-13(23)9-14/h4-6,9,11-12,15-17,19H,7-8,10H2,1-3H3/t11-,12+,15-,16-,17-,19+,21?,22+/m0/s1. The van der Waals surface area contributed by atoms with Crippen molar-refractivity contribution < 1.29 is 38.3 Å². The molecule has 1 spiro atoms. The predicted molar refractivity (Wildman–Crippen MR) is 106 cm³/mol. The minimum Gasteiger partial charge on any atom is -0.432 e. The summed E-state index contributed by atoms with van der Waals surface area (Å²) in [6.07, 6.45) is -0.435. The van der Waals surface area contributed by atoms with Gasteiger partial charge in [-0.1, -0.05) is 31.5 Å². The molecule has 1 saturated carbocycles. The lowest BCUT2D eigenvalue weighted by atomic mass is 9.57. The van der Waals surface area contributed by atoms with E-state index in [1.165, 1.54) is 0 Å². The van der Waals surface area contributed by atoms with Crippen molar-refractivity contribution in [3.63, 3.8) is 0 Å². The summed E-state index contributed by atoms with van der Waals surface area (Å²) in [4.78, 5) is 36.8. The molecule has 2 bridgehead atoms. The van der Waals surface area contributed by atoms with Crippen LogP contribution in [0.5, 0.6) is 5.75 Å². The summed E-state index contributed by atoms with van der Waals surface area (Å²) in [7, 11) is 0. The number of benzene rings is 1. The van der Waals surface area contributed by atoms with Crippen molar-refractivity contribution in [3.05, 3.63) is 29.3 Å². The number of halogens is 1. The molecule has 4 saturated heterocycles. The summed E-state index contributed by atoms with van der Waals surface area (Å²) < 4.78 is 22.8. The third kappa shape index (κ3) is 3.31. The van der Waals surface area contributed by atoms with E-state index in [-0.39, 0.29) is 23.7 Å². The molecule has 1 unspecified atom stereocenters. The molecular formula is C22H25ClO8. The summed E-state index contributed by atoms with van der Waals surface area (Å²) >= 11 is 5.96. The van der Waals surface area contributed by atoms with E-state index >= 15 is 0 Å². The molecule has 4 aliphatic heterocycles. The number of fused-ring (bicyclic) bond motifs is 2. The minimum atomic E-state index is -0.986. The van der Waals surface area contributed by atoms with Gasteiger partial charge in [0.1, 0.15) is 11.9 Å². The average Bonchev–Trinajstić information content (AvgIpc) is 2.93. The van der Waals surface area contributed by atoms with Crippen molar-refractivity contribution in [2.24, 2.45) is 23.7 Å². The molecule has 0 N–H and O–H groups in total. The van der Waals surface area contributed by atoms with Crippen LogP contribution in [0.4, 0.5) is 4.79 Å². The van der Waals surface area contributed by atoms with Crippen molar-refractivity contribution in [2.45, 2.75) is 63.8 Å². The van der Waals surface area contributed by atoms with E-state index in [0.29, 0.717) is 23.6 Å². The first-order valence-electron chi connectivity index (χ1n) is 10.6. The molecule has 5 aliphatic rings. The third-order valence-corrected chi connectivity index (χ3v) is 7.54. The second-order valence-corrected chi connectivity index (χ2v) is 9.58. The second-order valence-electron chi connectivity index (χ2n) is 9.14. The van der Waals surface area contributed by atoms with Gasteiger partial charge in [-0.2, -0.15) is 0 Å². The maximum Gasteiger partial charge on any atom is 0.514 e. The van der Waals surface area contributed by atoms with Crippen LogP contribution < -0.4 is 4.74 Å². The highest BCUT2D eigenvalue weighted by Crippen LogP contribution is 2.60. The molecule has 0 radical (unpaired) electrons. The first kappa shape index (κ1) is 21.0. The van der Waals surface area contributed by atoms with Gasteiger partial charge in [-0.3, -0.25) is 4.79 Å². The van der Waals surface area contributed by atoms with Gasteiger partial charge in [-0.15, -0.1) is 0 Å². The predicted octanol–water partition coefficient (Wildman–Crippen LogP) is 4.24. The molecule has 168 valence electrons. The zero-order chi connectivity index (χ0) is 22.0. The fourth-order valence-corrected chi connectivity index (χ4v) is 5.81. The lowest BCUT2D eigenvalue weighted by Gasteiger charge is -2.58. The Kier molecular flexibility index (Phi) is 4.97. The van der Waals surface area contributed by atoms with Crippen LogP contribution in [0.1, 0.15) is 40.0 Å². The fraction of sp³-hybridized carbons (Fsp3) is 0.636. The van der Waals surface area contributed by atoms with E-state index in [4.69, 9.17) is 40.3 Å². The van der Waals surface area contributed by atoms with Gasteiger partial charge < -0.3 is 18.9 Å². The van der Waals surface area contributed by atoms with Crippen molar-refractivity contribution in [3.8, 4) is 5.75 Å². The van der Waals surface area contributed by atoms with E-state index in [1.807, 2.05) is 6.92 Å². The lowest BCUT2D eigenvalue weighted by Crippen LogP contribution is -2.71. The molecule has 4 heterocycles. The Labute approximate surface area is 184 Å². The Hall–Kier alpha value is -1.87. The van der Waals surface area contributed by atoms with E-state index in [1.54, 1.807) is 38.1 Å². The van der Waals surface area contributed by atoms with Gasteiger partial charge in [0, 0.05) is 23.3 Å². The lowest BCUT2D eigenvalue weighted by molar-refractivity contribution is -0.560. The second kappa shape index (κ2) is 7.33. The zero-order valence-electron chi connectivity index (χ0n) is 17.5. The molecule has 1 aliphatic carbocycles. The van der Waals surface area contributed by atoms with Crippen molar-refractivity contribution in [1.29, 1.82) is 0 Å².